The number of aromatic nitrogens is 6. The number of hydrogen-bond acceptors (Lipinski definition) is 8. The van der Waals surface area contributed by atoms with Crippen LogP contribution in [-0.2, 0) is 0 Å². The molecule has 3 aromatic rings. The zero-order chi connectivity index (χ0) is 17.8. The molecule has 1 atom stereocenters. The van der Waals surface area contributed by atoms with Crippen molar-refractivity contribution in [2.45, 2.75) is 25.7 Å². The maximum Gasteiger partial charge on any atom is 0.228 e. The lowest BCUT2D eigenvalue weighted by atomic mass is 9.94. The van der Waals surface area contributed by atoms with Crippen molar-refractivity contribution < 1.29 is 0 Å². The van der Waals surface area contributed by atoms with Gasteiger partial charge in [-0.25, -0.2) is 29.9 Å². The standard InChI is InChI=1S/C18H20N8/c1-13-23-15(11-16(24-13)25-17-19-6-3-7-20-17)14-5-2-10-26(12-14)18-21-8-4-9-22-18/h3-4,6-9,11,14H,2,5,10,12H2,1H3,(H,19,20,23,24,25). The number of nitrogens with one attached hydrogen (secondary N) is 1. The van der Waals surface area contributed by atoms with E-state index in [2.05, 4.69) is 40.1 Å². The first kappa shape index (κ1) is 16.3. The third-order valence-electron chi connectivity index (χ3n) is 4.34. The second-order valence-electron chi connectivity index (χ2n) is 6.26. The first-order valence-corrected chi connectivity index (χ1v) is 8.69. The van der Waals surface area contributed by atoms with E-state index in [9.17, 15) is 0 Å². The largest absolute Gasteiger partial charge is 0.340 e. The third kappa shape index (κ3) is 3.74. The minimum atomic E-state index is 0.312. The summed E-state index contributed by atoms with van der Waals surface area (Å²) in [7, 11) is 0. The van der Waals surface area contributed by atoms with Crippen molar-refractivity contribution in [3.05, 3.63) is 54.5 Å². The van der Waals surface area contributed by atoms with E-state index in [4.69, 9.17) is 0 Å². The number of anilines is 3. The zero-order valence-electron chi connectivity index (χ0n) is 14.6. The average molecular weight is 348 g/mol. The molecule has 3 aromatic heterocycles. The molecule has 0 radical (unpaired) electrons. The topological polar surface area (TPSA) is 92.6 Å². The fourth-order valence-electron chi connectivity index (χ4n) is 3.20. The molecule has 0 bridgehead atoms. The van der Waals surface area contributed by atoms with Crippen molar-refractivity contribution in [2.24, 2.45) is 0 Å². The van der Waals surface area contributed by atoms with Crippen LogP contribution in [0.25, 0.3) is 0 Å². The molecule has 1 N–H and O–H groups in total. The highest BCUT2D eigenvalue weighted by Crippen LogP contribution is 2.28. The Balaban J connectivity index is 1.55. The molecule has 0 spiro atoms. The van der Waals surface area contributed by atoms with Crippen LogP contribution in [0.15, 0.2) is 43.0 Å². The van der Waals surface area contributed by atoms with E-state index in [1.807, 2.05) is 19.1 Å². The minimum absolute atomic E-state index is 0.312. The summed E-state index contributed by atoms with van der Waals surface area (Å²) in [6, 6.07) is 5.61. The van der Waals surface area contributed by atoms with E-state index in [1.54, 1.807) is 30.9 Å². The molecule has 8 nitrogen and oxygen atoms in total. The molecule has 8 heteroatoms. The van der Waals surface area contributed by atoms with Crippen LogP contribution in [-0.4, -0.2) is 43.0 Å². The molecular formula is C18H20N8. The summed E-state index contributed by atoms with van der Waals surface area (Å²) < 4.78 is 0. The van der Waals surface area contributed by atoms with Gasteiger partial charge in [0.2, 0.25) is 11.9 Å². The Kier molecular flexibility index (Phi) is 4.63. The lowest BCUT2D eigenvalue weighted by Crippen LogP contribution is -2.35. The van der Waals surface area contributed by atoms with Crippen LogP contribution in [0.4, 0.5) is 17.7 Å². The minimum Gasteiger partial charge on any atom is -0.340 e. The van der Waals surface area contributed by atoms with E-state index in [1.165, 1.54) is 0 Å². The highest BCUT2D eigenvalue weighted by molar-refractivity contribution is 5.48. The molecule has 1 saturated heterocycles. The Bertz CT molecular complexity index is 856. The summed E-state index contributed by atoms with van der Waals surface area (Å²) in [4.78, 5) is 28.5. The SMILES string of the molecule is Cc1nc(Nc2ncccn2)cc(C2CCCN(c3ncccn3)C2)n1. The van der Waals surface area contributed by atoms with Crippen LogP contribution in [0, 0.1) is 6.92 Å². The average Bonchev–Trinajstić information content (AvgIpc) is 2.69. The van der Waals surface area contributed by atoms with E-state index >= 15 is 0 Å². The molecule has 132 valence electrons. The van der Waals surface area contributed by atoms with E-state index < -0.39 is 0 Å². The first-order chi connectivity index (χ1) is 12.8. The summed E-state index contributed by atoms with van der Waals surface area (Å²) in [6.45, 7) is 3.72. The maximum atomic E-state index is 4.67. The van der Waals surface area contributed by atoms with Gasteiger partial charge in [0.15, 0.2) is 0 Å². The Morgan fingerprint density at radius 2 is 1.73 bits per heavy atom. The van der Waals surface area contributed by atoms with Gasteiger partial charge in [-0.15, -0.1) is 0 Å². The monoisotopic (exact) mass is 348 g/mol. The molecule has 1 aliphatic rings. The van der Waals surface area contributed by atoms with Crippen molar-refractivity contribution in [1.29, 1.82) is 0 Å². The van der Waals surface area contributed by atoms with Crippen molar-refractivity contribution in [1.82, 2.24) is 29.9 Å². The maximum absolute atomic E-state index is 4.67. The smallest absolute Gasteiger partial charge is 0.228 e. The number of hydrogen-bond donors (Lipinski definition) is 1. The van der Waals surface area contributed by atoms with E-state index in [0.717, 1.165) is 43.4 Å². The highest BCUT2D eigenvalue weighted by atomic mass is 15.3. The third-order valence-corrected chi connectivity index (χ3v) is 4.34. The van der Waals surface area contributed by atoms with Gasteiger partial charge in [0.25, 0.3) is 0 Å². The Hall–Kier alpha value is -3.16. The molecule has 1 fully saturated rings. The molecule has 26 heavy (non-hydrogen) atoms. The fourth-order valence-corrected chi connectivity index (χ4v) is 3.20. The molecule has 4 heterocycles. The van der Waals surface area contributed by atoms with Gasteiger partial charge >= 0.3 is 0 Å². The normalized spacial score (nSPS) is 17.1. The predicted molar refractivity (Wildman–Crippen MR) is 98.3 cm³/mol. The quantitative estimate of drug-likeness (QED) is 0.769. The van der Waals surface area contributed by atoms with Gasteiger partial charge in [0.1, 0.15) is 11.6 Å². The molecular weight excluding hydrogens is 328 g/mol. The Labute approximate surface area is 151 Å². The van der Waals surface area contributed by atoms with Crippen molar-refractivity contribution >= 4 is 17.7 Å². The number of rotatable bonds is 4. The molecule has 0 aromatic carbocycles. The summed E-state index contributed by atoms with van der Waals surface area (Å²) in [5.74, 6) is 3.06. The first-order valence-electron chi connectivity index (χ1n) is 8.69. The number of piperidine rings is 1. The van der Waals surface area contributed by atoms with Crippen LogP contribution in [0.5, 0.6) is 0 Å². The predicted octanol–water partition coefficient (Wildman–Crippen LogP) is 2.49. The molecule has 1 unspecified atom stereocenters. The van der Waals surface area contributed by atoms with Crippen molar-refractivity contribution in [2.75, 3.05) is 23.3 Å². The van der Waals surface area contributed by atoms with Crippen LogP contribution in [0.2, 0.25) is 0 Å². The van der Waals surface area contributed by atoms with Crippen molar-refractivity contribution in [3.8, 4) is 0 Å². The van der Waals surface area contributed by atoms with Gasteiger partial charge in [0, 0.05) is 49.9 Å². The molecule has 0 amide bonds. The summed E-state index contributed by atoms with van der Waals surface area (Å²) >= 11 is 0. The summed E-state index contributed by atoms with van der Waals surface area (Å²) in [5, 5.41) is 3.16. The van der Waals surface area contributed by atoms with Gasteiger partial charge in [-0.3, -0.25) is 0 Å². The molecule has 0 saturated carbocycles. The zero-order valence-corrected chi connectivity index (χ0v) is 14.6. The van der Waals surface area contributed by atoms with E-state index in [-0.39, 0.29) is 0 Å². The van der Waals surface area contributed by atoms with Gasteiger partial charge in [-0.05, 0) is 31.9 Å². The van der Waals surface area contributed by atoms with Crippen LogP contribution in [0.1, 0.15) is 30.3 Å². The molecule has 1 aliphatic heterocycles. The van der Waals surface area contributed by atoms with Crippen LogP contribution in [0.3, 0.4) is 0 Å². The lowest BCUT2D eigenvalue weighted by Gasteiger charge is -2.32. The van der Waals surface area contributed by atoms with Gasteiger partial charge in [0.05, 0.1) is 5.69 Å². The van der Waals surface area contributed by atoms with Crippen molar-refractivity contribution in [3.63, 3.8) is 0 Å². The Morgan fingerprint density at radius 1 is 1.00 bits per heavy atom. The Morgan fingerprint density at radius 3 is 2.50 bits per heavy atom. The molecule has 4 rings (SSSR count). The summed E-state index contributed by atoms with van der Waals surface area (Å²) in [5.41, 5.74) is 1.02. The lowest BCUT2D eigenvalue weighted by molar-refractivity contribution is 0.494. The van der Waals surface area contributed by atoms with Crippen LogP contribution >= 0.6 is 0 Å². The van der Waals surface area contributed by atoms with Gasteiger partial charge < -0.3 is 10.2 Å². The van der Waals surface area contributed by atoms with Gasteiger partial charge in [-0.2, -0.15) is 0 Å². The highest BCUT2D eigenvalue weighted by Gasteiger charge is 2.24. The fraction of sp³-hybridized carbons (Fsp3) is 0.333. The number of nitrogens with zero attached hydrogens (tertiary/aromatic N) is 7. The van der Waals surface area contributed by atoms with Gasteiger partial charge in [-0.1, -0.05) is 0 Å². The second-order valence-corrected chi connectivity index (χ2v) is 6.26. The van der Waals surface area contributed by atoms with Crippen LogP contribution < -0.4 is 10.2 Å². The second kappa shape index (κ2) is 7.38. The number of aryl methyl sites for hydroxylation is 1. The molecule has 0 aliphatic carbocycles. The summed E-state index contributed by atoms with van der Waals surface area (Å²) in [6.07, 6.45) is 9.12. The van der Waals surface area contributed by atoms with E-state index in [0.29, 0.717) is 17.7 Å².